The Hall–Kier alpha value is -2.52. The minimum absolute atomic E-state index is 0.121. The highest BCUT2D eigenvalue weighted by Gasteiger charge is 2.16. The molecule has 0 saturated carbocycles. The van der Waals surface area contributed by atoms with Gasteiger partial charge in [0.25, 0.3) is 10.0 Å². The Labute approximate surface area is 172 Å². The number of carbonyl (C=O) groups excluding carboxylic acids is 1. The van der Waals surface area contributed by atoms with Gasteiger partial charge in [0, 0.05) is 0 Å². The molecule has 0 amide bonds. The van der Waals surface area contributed by atoms with Crippen molar-refractivity contribution in [2.45, 2.75) is 37.6 Å². The number of nitrogens with zero attached hydrogens (tertiary/aromatic N) is 2. The van der Waals surface area contributed by atoms with Gasteiger partial charge in [-0.2, -0.15) is 8.42 Å². The molecule has 0 saturated heterocycles. The maximum Gasteiger partial charge on any atom is 0.325 e. The highest BCUT2D eigenvalue weighted by atomic mass is 32.2. The number of unbranched alkanes of at least 4 members (excludes halogenated alkanes) is 1. The number of carbonyl (C=O) groups is 1. The lowest BCUT2D eigenvalue weighted by atomic mass is 10.1. The lowest BCUT2D eigenvalue weighted by Crippen LogP contribution is -2.22. The van der Waals surface area contributed by atoms with Crippen LogP contribution in [0.4, 0.5) is 4.39 Å². The van der Waals surface area contributed by atoms with Crippen LogP contribution < -0.4 is 4.80 Å². The molecule has 0 atom stereocenters. The van der Waals surface area contributed by atoms with Gasteiger partial charge in [-0.15, -0.1) is 4.40 Å². The molecule has 1 heterocycles. The molecule has 3 aromatic rings. The van der Waals surface area contributed by atoms with E-state index in [4.69, 9.17) is 4.74 Å². The number of methoxy groups -OCH3 is 1. The van der Waals surface area contributed by atoms with Gasteiger partial charge in [0.05, 0.1) is 22.2 Å². The fourth-order valence-electron chi connectivity index (χ4n) is 2.83. The lowest BCUT2D eigenvalue weighted by molar-refractivity contribution is -0.141. The van der Waals surface area contributed by atoms with Crippen molar-refractivity contribution in [2.75, 3.05) is 7.11 Å². The van der Waals surface area contributed by atoms with Crippen LogP contribution in [0.15, 0.2) is 51.8 Å². The summed E-state index contributed by atoms with van der Waals surface area (Å²) >= 11 is 1.18. The number of rotatable bonds is 7. The van der Waals surface area contributed by atoms with Gasteiger partial charge < -0.3 is 9.30 Å². The monoisotopic (exact) mass is 436 g/mol. The predicted octanol–water partition coefficient (Wildman–Crippen LogP) is 3.65. The van der Waals surface area contributed by atoms with Gasteiger partial charge in [-0.3, -0.25) is 4.79 Å². The van der Waals surface area contributed by atoms with Crippen molar-refractivity contribution in [1.82, 2.24) is 4.57 Å². The van der Waals surface area contributed by atoms with Crippen molar-refractivity contribution in [2.24, 2.45) is 4.40 Å². The quantitative estimate of drug-likeness (QED) is 0.530. The second-order valence-corrected chi connectivity index (χ2v) is 9.09. The van der Waals surface area contributed by atoms with Gasteiger partial charge in [0.15, 0.2) is 0 Å². The molecular weight excluding hydrogens is 415 g/mol. The summed E-state index contributed by atoms with van der Waals surface area (Å²) < 4.78 is 49.6. The third kappa shape index (κ3) is 4.91. The minimum atomic E-state index is -4.07. The normalized spacial score (nSPS) is 12.4. The van der Waals surface area contributed by atoms with E-state index in [2.05, 4.69) is 11.3 Å². The third-order valence-electron chi connectivity index (χ3n) is 4.39. The van der Waals surface area contributed by atoms with Gasteiger partial charge in [-0.05, 0) is 54.8 Å². The zero-order valence-corrected chi connectivity index (χ0v) is 17.7. The van der Waals surface area contributed by atoms with Gasteiger partial charge in [-0.25, -0.2) is 4.39 Å². The zero-order chi connectivity index (χ0) is 21.0. The van der Waals surface area contributed by atoms with Gasteiger partial charge in [0.1, 0.15) is 12.4 Å². The number of hydrogen-bond donors (Lipinski definition) is 0. The summed E-state index contributed by atoms with van der Waals surface area (Å²) in [6.45, 7) is 1.95. The summed E-state index contributed by atoms with van der Waals surface area (Å²) in [5.74, 6) is -1.05. The molecule has 154 valence electrons. The Balaban J connectivity index is 2.15. The average molecular weight is 437 g/mol. The van der Waals surface area contributed by atoms with Gasteiger partial charge >= 0.3 is 5.97 Å². The number of aryl methyl sites for hydroxylation is 1. The van der Waals surface area contributed by atoms with E-state index in [0.29, 0.717) is 5.52 Å². The molecule has 9 heteroatoms. The molecule has 0 bridgehead atoms. The molecule has 29 heavy (non-hydrogen) atoms. The molecule has 3 rings (SSSR count). The summed E-state index contributed by atoms with van der Waals surface area (Å²) in [5.41, 5.74) is 1.84. The van der Waals surface area contributed by atoms with E-state index >= 15 is 0 Å². The molecule has 0 unspecified atom stereocenters. The highest BCUT2D eigenvalue weighted by Crippen LogP contribution is 2.21. The van der Waals surface area contributed by atoms with Gasteiger partial charge in [0.2, 0.25) is 4.80 Å². The summed E-state index contributed by atoms with van der Waals surface area (Å²) in [6.07, 6.45) is 3.04. The molecule has 0 radical (unpaired) electrons. The molecule has 0 aliphatic rings. The number of esters is 1. The number of aromatic nitrogens is 1. The van der Waals surface area contributed by atoms with Crippen LogP contribution in [0.3, 0.4) is 0 Å². The van der Waals surface area contributed by atoms with Gasteiger partial charge in [-0.1, -0.05) is 30.7 Å². The molecule has 2 aromatic carbocycles. The molecule has 0 aliphatic carbocycles. The average Bonchev–Trinajstić information content (AvgIpc) is 3.02. The van der Waals surface area contributed by atoms with Crippen molar-refractivity contribution in [3.63, 3.8) is 0 Å². The first-order valence-electron chi connectivity index (χ1n) is 9.09. The summed E-state index contributed by atoms with van der Waals surface area (Å²) in [6, 6.07) is 10.3. The fraction of sp³-hybridized carbons (Fsp3) is 0.300. The van der Waals surface area contributed by atoms with E-state index in [-0.39, 0.29) is 16.2 Å². The summed E-state index contributed by atoms with van der Waals surface area (Å²) in [4.78, 5) is 11.9. The van der Waals surface area contributed by atoms with E-state index in [0.717, 1.165) is 53.8 Å². The number of ether oxygens (including phenoxy) is 1. The number of hydrogen-bond acceptors (Lipinski definition) is 5. The molecule has 0 spiro atoms. The van der Waals surface area contributed by atoms with Crippen LogP contribution in [0.2, 0.25) is 0 Å². The smallest absolute Gasteiger partial charge is 0.325 e. The van der Waals surface area contributed by atoms with Crippen LogP contribution in [0.25, 0.3) is 10.2 Å². The molecular formula is C20H21FN2O4S2. The maximum absolute atomic E-state index is 13.1. The number of halogens is 1. The lowest BCUT2D eigenvalue weighted by Gasteiger charge is -2.05. The largest absolute Gasteiger partial charge is 0.468 e. The Kier molecular flexibility index (Phi) is 6.49. The van der Waals surface area contributed by atoms with Crippen LogP contribution in [0.5, 0.6) is 0 Å². The van der Waals surface area contributed by atoms with E-state index in [9.17, 15) is 17.6 Å². The first-order valence-corrected chi connectivity index (χ1v) is 11.4. The molecule has 0 fully saturated rings. The standard InChI is InChI=1S/C20H21FN2O4S2/c1-3-4-5-14-6-11-17-18(12-14)28-20(23(17)13-19(24)27-2)22-29(25,26)16-9-7-15(21)8-10-16/h6-12H,3-5,13H2,1-2H3/b22-20-. The second-order valence-electron chi connectivity index (χ2n) is 6.47. The van der Waals surface area contributed by atoms with Crippen LogP contribution in [0, 0.1) is 5.82 Å². The topological polar surface area (TPSA) is 77.7 Å². The maximum atomic E-state index is 13.1. The molecule has 0 N–H and O–H groups in total. The van der Waals surface area contributed by atoms with Crippen molar-refractivity contribution < 1.29 is 22.3 Å². The first kappa shape index (κ1) is 21.2. The number of fused-ring (bicyclic) bond motifs is 1. The Bertz CT molecular complexity index is 1200. The minimum Gasteiger partial charge on any atom is -0.468 e. The molecule has 1 aromatic heterocycles. The third-order valence-corrected chi connectivity index (χ3v) is 6.83. The van der Waals surface area contributed by atoms with Crippen molar-refractivity contribution >= 4 is 37.5 Å². The molecule has 0 aliphatic heterocycles. The fourth-order valence-corrected chi connectivity index (χ4v) is 5.13. The Morgan fingerprint density at radius 2 is 1.93 bits per heavy atom. The van der Waals surface area contributed by atoms with Crippen molar-refractivity contribution in [3.8, 4) is 0 Å². The predicted molar refractivity (Wildman–Crippen MR) is 110 cm³/mol. The van der Waals surface area contributed by atoms with E-state index in [1.54, 1.807) is 0 Å². The van der Waals surface area contributed by atoms with E-state index in [1.165, 1.54) is 23.0 Å². The SMILES string of the molecule is CCCCc1ccc2c(c1)s/c(=N\S(=O)(=O)c1ccc(F)cc1)n2CC(=O)OC. The van der Waals surface area contributed by atoms with Crippen LogP contribution in [0.1, 0.15) is 25.3 Å². The van der Waals surface area contributed by atoms with E-state index < -0.39 is 21.8 Å². The first-order chi connectivity index (χ1) is 13.8. The number of sulfonamides is 1. The number of thiazole rings is 1. The Morgan fingerprint density at radius 1 is 1.21 bits per heavy atom. The van der Waals surface area contributed by atoms with E-state index in [1.807, 2.05) is 18.2 Å². The van der Waals surface area contributed by atoms with Crippen LogP contribution in [-0.4, -0.2) is 26.1 Å². The van der Waals surface area contributed by atoms with Crippen LogP contribution in [-0.2, 0) is 32.5 Å². The summed E-state index contributed by atoms with van der Waals surface area (Å²) in [5, 5.41) is 0. The zero-order valence-electron chi connectivity index (χ0n) is 16.1. The van der Waals surface area contributed by atoms with Crippen LogP contribution >= 0.6 is 11.3 Å². The highest BCUT2D eigenvalue weighted by molar-refractivity contribution is 7.90. The molecule has 6 nitrogen and oxygen atoms in total. The van der Waals surface area contributed by atoms with Crippen molar-refractivity contribution in [3.05, 3.63) is 58.6 Å². The second kappa shape index (κ2) is 8.87. The summed E-state index contributed by atoms with van der Waals surface area (Å²) in [7, 11) is -2.80. The number of benzene rings is 2. The van der Waals surface area contributed by atoms with Crippen molar-refractivity contribution in [1.29, 1.82) is 0 Å². The Morgan fingerprint density at radius 3 is 2.59 bits per heavy atom.